The van der Waals surface area contributed by atoms with Gasteiger partial charge in [-0.25, -0.2) is 20.0 Å². The molecule has 1 unspecified atom stereocenters. The summed E-state index contributed by atoms with van der Waals surface area (Å²) in [6, 6.07) is -0.994. The SMILES string of the molecule is COC(=O)N[C@H]1[C@@H](C)O[C@@H](O[C@H]2C/C=C(\C)[C@@H]3C=C[C@@H]4[C@@H](O[C@H]5C[C@@H](O[C@H]6C[C@@H](O[C@H]7C[C@@H](O)[C@@H](O)[C@H](C)O7)[C@@H](O[C@@H]7C[C@@H](O)[C@@H](OC)[C@H](C)O7)[C@H](C)O6)[C@@H](O)[C@H](C)O5)[C@@H](C)C[C@H](C)[C@H]4[C@]3(C)C(O)=C3C(=O)O[C@]4(C[C@@H](C)C(CO)=C[C@H]4/C=C/2C)C3=O)C[C@]1(C)[NH+]([O-])O. The molecule has 1 amide bonds. The highest BCUT2D eigenvalue weighted by molar-refractivity contribution is 6.26. The van der Waals surface area contributed by atoms with E-state index in [9.17, 15) is 50.6 Å². The molecule has 0 aromatic carbocycles. The lowest BCUT2D eigenvalue weighted by Crippen LogP contribution is -3.17. The number of aliphatic hydroxyl groups excluding tert-OH is 6. The van der Waals surface area contributed by atoms with E-state index >= 15 is 4.79 Å². The van der Waals surface area contributed by atoms with Crippen LogP contribution in [0.5, 0.6) is 0 Å². The maximum Gasteiger partial charge on any atom is 0.407 e. The van der Waals surface area contributed by atoms with Gasteiger partial charge in [-0.15, -0.1) is 0 Å². The number of rotatable bonds is 14. The number of carbonyl (C=O) groups is 3. The first-order valence-corrected chi connectivity index (χ1v) is 33.3. The molecular formula is C67H102N2O24. The summed E-state index contributed by atoms with van der Waals surface area (Å²) in [6.07, 6.45) is -7.60. The summed E-state index contributed by atoms with van der Waals surface area (Å²) in [5, 5.41) is 93.4. The summed E-state index contributed by atoms with van der Waals surface area (Å²) in [7, 11) is 2.69. The molecule has 0 radical (unpaired) electrons. The second kappa shape index (κ2) is 28.5. The van der Waals surface area contributed by atoms with Gasteiger partial charge in [0.25, 0.3) is 0 Å². The van der Waals surface area contributed by atoms with Gasteiger partial charge in [0.1, 0.15) is 41.8 Å². The third-order valence-electron chi connectivity index (χ3n) is 22.4. The van der Waals surface area contributed by atoms with Gasteiger partial charge in [0.2, 0.25) is 5.78 Å². The predicted molar refractivity (Wildman–Crippen MR) is 327 cm³/mol. The number of Topliss-reactive ketones (excluding diaryl/α,β-unsaturated/α-hetero) is 1. The zero-order valence-corrected chi connectivity index (χ0v) is 56.0. The van der Waals surface area contributed by atoms with Crippen molar-refractivity contribution in [1.29, 1.82) is 0 Å². The van der Waals surface area contributed by atoms with Crippen LogP contribution in [0.25, 0.3) is 0 Å². The lowest BCUT2D eigenvalue weighted by molar-refractivity contribution is -1.09. The van der Waals surface area contributed by atoms with Gasteiger partial charge in [-0.3, -0.25) is 4.79 Å². The largest absolute Gasteiger partial charge is 0.600 e. The number of aliphatic hydroxyl groups is 6. The van der Waals surface area contributed by atoms with E-state index in [1.807, 2.05) is 39.8 Å². The van der Waals surface area contributed by atoms with Gasteiger partial charge in [-0.05, 0) is 103 Å². The molecule has 6 heterocycles. The molecule has 0 aromatic heterocycles. The number of nitrogens with one attached hydrogen (secondary N) is 2. The molecule has 7 fully saturated rings. The first-order valence-electron chi connectivity index (χ1n) is 33.3. The van der Waals surface area contributed by atoms with Crippen molar-refractivity contribution in [2.75, 3.05) is 20.8 Å². The molecule has 2 bridgehead atoms. The maximum absolute atomic E-state index is 15.7. The van der Waals surface area contributed by atoms with E-state index in [1.165, 1.54) is 21.1 Å². The van der Waals surface area contributed by atoms with Gasteiger partial charge in [0.15, 0.2) is 42.6 Å². The van der Waals surface area contributed by atoms with E-state index in [0.29, 0.717) is 17.6 Å². The molecule has 1 saturated carbocycles. The van der Waals surface area contributed by atoms with Crippen LogP contribution in [0.2, 0.25) is 0 Å². The highest BCUT2D eigenvalue weighted by Gasteiger charge is 2.64. The molecule has 4 aliphatic carbocycles. The lowest BCUT2D eigenvalue weighted by atomic mass is 9.49. The first-order chi connectivity index (χ1) is 43.9. The minimum atomic E-state index is -1.83. The van der Waals surface area contributed by atoms with Crippen LogP contribution >= 0.6 is 0 Å². The summed E-state index contributed by atoms with van der Waals surface area (Å²) < 4.78 is 82.1. The summed E-state index contributed by atoms with van der Waals surface area (Å²) in [5.74, 6) is -5.24. The van der Waals surface area contributed by atoms with Crippen LogP contribution in [-0.4, -0.2) is 215 Å². The third kappa shape index (κ3) is 13.9. The standard InChI is InChI=1S/C67H102N2O24/c1-29-15-18-45(88-52-27-65(11,69(79)80)60(38(10)87-52)68-64(78)82-14)30(2)20-40-21-39(28-70)33(5)26-67(40)62(76)53(63(77)93-67)61(75)66(12)42(29)17-16-41-54(66)31(3)19-32(4)57(41)91-51-24-46(56(74)35(7)84-51)89-50-25-47(90-48-22-43(71)55(73)34(6)83-48)59(37(9)86-50)92-49-23-44(72)58(81-13)36(8)85-49/h15-17,20-21,31-38,40-52,54-60,69-75,79H,18-19,22-28H2,1-14H3,(H,68,78)/b29-15+,30-20+,61-53?/t31-,32-,33+,34-,35-,36-,37-,38+,40+,41-,42-,43+,44+,45-,46+,47+,48-,49+,50-,51-,52-,54+,55-,56-,57-,58-,59-,60-,65-,66+,67-/m0/s1. The molecule has 6 aliphatic heterocycles. The molecule has 9 N–H and O–H groups in total. The molecular weight excluding hydrogens is 1220 g/mol. The number of ketones is 1. The smallest absolute Gasteiger partial charge is 0.407 e. The van der Waals surface area contributed by atoms with E-state index in [-0.39, 0.29) is 63.4 Å². The predicted octanol–water partition coefficient (Wildman–Crippen LogP) is 3.95. The van der Waals surface area contributed by atoms with Crippen molar-refractivity contribution >= 4 is 17.8 Å². The molecule has 6 saturated heterocycles. The van der Waals surface area contributed by atoms with E-state index in [1.54, 1.807) is 46.8 Å². The minimum absolute atomic E-state index is 0.000292. The number of amides is 1. The number of alkyl carbamates (subject to hydrolysis) is 1. The van der Waals surface area contributed by atoms with Crippen LogP contribution in [0, 0.1) is 52.0 Å². The number of fused-ring (bicyclic) bond motifs is 4. The van der Waals surface area contributed by atoms with E-state index in [2.05, 4.69) is 25.2 Å². The van der Waals surface area contributed by atoms with Crippen LogP contribution in [-0.2, 0) is 71.2 Å². The second-order valence-corrected chi connectivity index (χ2v) is 28.7. The topological polar surface area (TPSA) is 352 Å². The number of allylic oxidation sites excluding steroid dienone is 3. The summed E-state index contributed by atoms with van der Waals surface area (Å²) in [4.78, 5) is 43.0. The zero-order valence-electron chi connectivity index (χ0n) is 56.0. The van der Waals surface area contributed by atoms with Crippen molar-refractivity contribution in [2.45, 2.75) is 275 Å². The molecule has 32 atom stereocenters. The fourth-order valence-electron chi connectivity index (χ4n) is 17.3. The Morgan fingerprint density at radius 3 is 1.92 bits per heavy atom. The number of esters is 1. The van der Waals surface area contributed by atoms with Crippen molar-refractivity contribution < 1.29 is 117 Å². The van der Waals surface area contributed by atoms with Crippen molar-refractivity contribution in [3.63, 3.8) is 0 Å². The number of hydrogen-bond donors (Lipinski definition) is 9. The van der Waals surface area contributed by atoms with Crippen molar-refractivity contribution in [3.8, 4) is 0 Å². The summed E-state index contributed by atoms with van der Waals surface area (Å²) >= 11 is 0. The quantitative estimate of drug-likeness (QED) is 0.0514. The molecule has 26 nitrogen and oxygen atoms in total. The van der Waals surface area contributed by atoms with Gasteiger partial charge in [-0.1, -0.05) is 63.6 Å². The fourth-order valence-corrected chi connectivity index (χ4v) is 17.3. The molecule has 524 valence electrons. The first kappa shape index (κ1) is 71.9. The van der Waals surface area contributed by atoms with Gasteiger partial charge in [-0.2, -0.15) is 0 Å². The normalized spacial score (nSPS) is 49.5. The Kier molecular flexibility index (Phi) is 22.1. The Hall–Kier alpha value is -3.85. The minimum Gasteiger partial charge on any atom is -0.600 e. The van der Waals surface area contributed by atoms with Gasteiger partial charge in [0.05, 0.1) is 87.3 Å². The van der Waals surface area contributed by atoms with Crippen LogP contribution in [0.1, 0.15) is 134 Å². The molecule has 26 heteroatoms. The number of methoxy groups -OCH3 is 2. The van der Waals surface area contributed by atoms with E-state index < -0.39 is 210 Å². The molecule has 0 aromatic rings. The molecule has 93 heavy (non-hydrogen) atoms. The van der Waals surface area contributed by atoms with E-state index in [0.717, 1.165) is 5.57 Å². The fraction of sp³-hybridized carbons (Fsp3) is 0.806. The summed E-state index contributed by atoms with van der Waals surface area (Å²) in [6.45, 7) is 21.4. The third-order valence-corrected chi connectivity index (χ3v) is 22.4. The number of carbonyl (C=O) groups excluding carboxylic acids is 3. The Morgan fingerprint density at radius 2 is 1.28 bits per heavy atom. The molecule has 1 spiro atoms. The maximum atomic E-state index is 15.7. The lowest BCUT2D eigenvalue weighted by Gasteiger charge is -2.56. The molecule has 10 rings (SSSR count). The second-order valence-electron chi connectivity index (χ2n) is 28.7. The van der Waals surface area contributed by atoms with Gasteiger partial charge in [0, 0.05) is 62.4 Å². The van der Waals surface area contributed by atoms with Crippen LogP contribution in [0.15, 0.2) is 58.4 Å². The Balaban J connectivity index is 0.942. The van der Waals surface area contributed by atoms with E-state index in [4.69, 9.17) is 61.6 Å². The zero-order chi connectivity index (χ0) is 67.7. The Labute approximate surface area is 544 Å². The van der Waals surface area contributed by atoms with Crippen LogP contribution in [0.4, 0.5) is 4.79 Å². The number of quaternary nitrogens is 1. The van der Waals surface area contributed by atoms with Gasteiger partial charge < -0.3 is 103 Å². The van der Waals surface area contributed by atoms with Crippen LogP contribution < -0.4 is 10.5 Å². The Morgan fingerprint density at radius 1 is 0.688 bits per heavy atom. The molecule has 10 aliphatic rings. The average molecular weight is 1320 g/mol. The van der Waals surface area contributed by atoms with Crippen molar-refractivity contribution in [1.82, 2.24) is 5.32 Å². The highest BCUT2D eigenvalue weighted by atomic mass is 16.8. The number of hydroxylamine groups is 2. The van der Waals surface area contributed by atoms with Crippen LogP contribution in [0.3, 0.4) is 0 Å². The Bertz CT molecular complexity index is 2830. The number of ether oxygens (including phenoxy) is 13. The van der Waals surface area contributed by atoms with Crippen molar-refractivity contribution in [3.05, 3.63) is 63.6 Å². The highest BCUT2D eigenvalue weighted by Crippen LogP contribution is 2.61. The monoisotopic (exact) mass is 1320 g/mol. The number of hydrogen-bond acceptors (Lipinski definition) is 24. The van der Waals surface area contributed by atoms with Gasteiger partial charge >= 0.3 is 12.1 Å². The summed E-state index contributed by atoms with van der Waals surface area (Å²) in [5.41, 5.74) is -3.22. The van der Waals surface area contributed by atoms with Crippen molar-refractivity contribution in [2.24, 2.45) is 46.8 Å². The average Bonchev–Trinajstić information content (AvgIpc) is 1.70.